The molecule has 6 unspecified atom stereocenters. The van der Waals surface area contributed by atoms with Crippen LogP contribution < -0.4 is 0 Å². The van der Waals surface area contributed by atoms with E-state index in [2.05, 4.69) is 19.9 Å². The second-order valence-electron chi connectivity index (χ2n) is 9.23. The van der Waals surface area contributed by atoms with Gasteiger partial charge in [-0.3, -0.25) is 0 Å². The fourth-order valence-electron chi connectivity index (χ4n) is 5.46. The number of hydrogen-bond acceptors (Lipinski definition) is 5. The van der Waals surface area contributed by atoms with E-state index in [0.717, 1.165) is 24.8 Å². The number of aliphatic hydroxyl groups is 3. The Balaban J connectivity index is 1.79. The molecule has 0 aromatic carbocycles. The zero-order chi connectivity index (χ0) is 19.3. The molecule has 2 fully saturated rings. The van der Waals surface area contributed by atoms with E-state index in [4.69, 9.17) is 4.74 Å². The maximum absolute atomic E-state index is 11.7. The summed E-state index contributed by atoms with van der Waals surface area (Å²) >= 11 is 0. The number of fused-ring (bicyclic) bond motifs is 3. The Bertz CT molecular complexity index is 631. The summed E-state index contributed by atoms with van der Waals surface area (Å²) in [6.07, 6.45) is 8.79. The number of carbonyl (C=O) groups is 1. The number of rotatable bonds is 5. The number of ether oxygens (including phenoxy) is 1. The van der Waals surface area contributed by atoms with Crippen molar-refractivity contribution in [1.29, 1.82) is 0 Å². The SMILES string of the molecule is CC(C=CC(CO)C(C)(C)O)C1CCC2C3=CC(=O)OC3(O)CCC21C. The monoisotopic (exact) mass is 364 g/mol. The molecular formula is C21H32O5. The van der Waals surface area contributed by atoms with E-state index in [1.807, 2.05) is 6.08 Å². The first kappa shape index (κ1) is 19.6. The summed E-state index contributed by atoms with van der Waals surface area (Å²) in [5, 5.41) is 30.4. The van der Waals surface area contributed by atoms with E-state index >= 15 is 0 Å². The summed E-state index contributed by atoms with van der Waals surface area (Å²) in [6.45, 7) is 7.78. The summed E-state index contributed by atoms with van der Waals surface area (Å²) in [5.74, 6) is -1.25. The summed E-state index contributed by atoms with van der Waals surface area (Å²) in [5.41, 5.74) is -0.181. The van der Waals surface area contributed by atoms with Gasteiger partial charge in [0.1, 0.15) is 0 Å². The zero-order valence-electron chi connectivity index (χ0n) is 16.2. The molecule has 0 amide bonds. The van der Waals surface area contributed by atoms with Crippen molar-refractivity contribution in [2.75, 3.05) is 6.61 Å². The van der Waals surface area contributed by atoms with Crippen molar-refractivity contribution in [3.05, 3.63) is 23.8 Å². The van der Waals surface area contributed by atoms with Crippen molar-refractivity contribution in [2.45, 2.75) is 64.8 Å². The third-order valence-electron chi connectivity index (χ3n) is 7.17. The molecule has 0 aromatic rings. The molecule has 3 rings (SSSR count). The van der Waals surface area contributed by atoms with Crippen molar-refractivity contribution >= 4 is 5.97 Å². The van der Waals surface area contributed by atoms with Crippen molar-refractivity contribution in [3.63, 3.8) is 0 Å². The average Bonchev–Trinajstić information content (AvgIpc) is 3.02. The third kappa shape index (κ3) is 3.14. The highest BCUT2D eigenvalue weighted by molar-refractivity contribution is 5.86. The summed E-state index contributed by atoms with van der Waals surface area (Å²) in [7, 11) is 0. The van der Waals surface area contributed by atoms with Gasteiger partial charge in [0.15, 0.2) is 0 Å². The second-order valence-corrected chi connectivity index (χ2v) is 9.23. The minimum absolute atomic E-state index is 0.0131. The van der Waals surface area contributed by atoms with Gasteiger partial charge in [0, 0.05) is 24.0 Å². The number of aliphatic hydroxyl groups excluding tert-OH is 1. The molecule has 0 radical (unpaired) electrons. The summed E-state index contributed by atoms with van der Waals surface area (Å²) in [4.78, 5) is 11.7. The molecule has 0 saturated heterocycles. The van der Waals surface area contributed by atoms with Crippen LogP contribution in [0.25, 0.3) is 0 Å². The molecule has 2 saturated carbocycles. The maximum Gasteiger partial charge on any atom is 0.333 e. The molecule has 0 aromatic heterocycles. The van der Waals surface area contributed by atoms with Gasteiger partial charge < -0.3 is 20.1 Å². The fourth-order valence-corrected chi connectivity index (χ4v) is 5.46. The minimum Gasteiger partial charge on any atom is -0.426 e. The Labute approximate surface area is 155 Å². The highest BCUT2D eigenvalue weighted by atomic mass is 16.7. The Hall–Kier alpha value is -1.17. The Morgan fingerprint density at radius 1 is 1.35 bits per heavy atom. The lowest BCUT2D eigenvalue weighted by Gasteiger charge is -2.47. The highest BCUT2D eigenvalue weighted by Crippen LogP contribution is 2.62. The van der Waals surface area contributed by atoms with Gasteiger partial charge in [-0.1, -0.05) is 26.0 Å². The number of esters is 1. The van der Waals surface area contributed by atoms with E-state index in [-0.39, 0.29) is 29.8 Å². The van der Waals surface area contributed by atoms with Crippen LogP contribution in [0.1, 0.15) is 53.4 Å². The van der Waals surface area contributed by atoms with E-state index < -0.39 is 17.4 Å². The Kier molecular flexibility index (Phi) is 4.87. The van der Waals surface area contributed by atoms with Gasteiger partial charge in [0.2, 0.25) is 5.79 Å². The van der Waals surface area contributed by atoms with Crippen LogP contribution in [0.15, 0.2) is 23.8 Å². The van der Waals surface area contributed by atoms with Crippen LogP contribution in [-0.2, 0) is 9.53 Å². The fraction of sp³-hybridized carbons (Fsp3) is 0.762. The standard InChI is InChI=1S/C21H32O5/c1-13(5-6-14(12-22)19(2,3)24)15-7-8-16-17-11-18(23)26-21(17,25)10-9-20(15,16)4/h5-6,11,13-16,22,24-25H,7-10,12H2,1-4H3. The van der Waals surface area contributed by atoms with Gasteiger partial charge in [0.25, 0.3) is 0 Å². The molecule has 1 aliphatic heterocycles. The van der Waals surface area contributed by atoms with Gasteiger partial charge in [0.05, 0.1) is 12.2 Å². The molecule has 5 heteroatoms. The highest BCUT2D eigenvalue weighted by Gasteiger charge is 2.59. The predicted octanol–water partition coefficient (Wildman–Crippen LogP) is 2.56. The van der Waals surface area contributed by atoms with Gasteiger partial charge in [-0.15, -0.1) is 0 Å². The molecule has 0 bridgehead atoms. The number of carbonyl (C=O) groups excluding carboxylic acids is 1. The van der Waals surface area contributed by atoms with Crippen LogP contribution in [-0.4, -0.2) is 39.3 Å². The van der Waals surface area contributed by atoms with Crippen LogP contribution in [0.2, 0.25) is 0 Å². The smallest absolute Gasteiger partial charge is 0.333 e. The zero-order valence-corrected chi connectivity index (χ0v) is 16.2. The predicted molar refractivity (Wildman–Crippen MR) is 97.9 cm³/mol. The average molecular weight is 364 g/mol. The quantitative estimate of drug-likeness (QED) is 0.515. The van der Waals surface area contributed by atoms with Gasteiger partial charge in [-0.25, -0.2) is 4.79 Å². The van der Waals surface area contributed by atoms with Crippen LogP contribution >= 0.6 is 0 Å². The third-order valence-corrected chi connectivity index (χ3v) is 7.17. The molecule has 3 aliphatic rings. The van der Waals surface area contributed by atoms with Crippen LogP contribution in [0, 0.1) is 29.1 Å². The van der Waals surface area contributed by atoms with Crippen molar-refractivity contribution < 1.29 is 24.9 Å². The van der Waals surface area contributed by atoms with Crippen molar-refractivity contribution in [2.24, 2.45) is 29.1 Å². The van der Waals surface area contributed by atoms with Gasteiger partial charge in [-0.2, -0.15) is 0 Å². The Morgan fingerprint density at radius 3 is 2.65 bits per heavy atom. The lowest BCUT2D eigenvalue weighted by molar-refractivity contribution is -0.196. The van der Waals surface area contributed by atoms with Crippen molar-refractivity contribution in [1.82, 2.24) is 0 Å². The molecule has 5 nitrogen and oxygen atoms in total. The lowest BCUT2D eigenvalue weighted by atomic mass is 9.60. The van der Waals surface area contributed by atoms with E-state index in [1.54, 1.807) is 13.8 Å². The molecule has 0 spiro atoms. The van der Waals surface area contributed by atoms with Crippen molar-refractivity contribution in [3.8, 4) is 0 Å². The first-order chi connectivity index (χ1) is 12.0. The van der Waals surface area contributed by atoms with Gasteiger partial charge >= 0.3 is 5.97 Å². The van der Waals surface area contributed by atoms with Gasteiger partial charge in [-0.05, 0) is 56.3 Å². The second kappa shape index (κ2) is 6.47. The molecular weight excluding hydrogens is 332 g/mol. The molecule has 6 atom stereocenters. The number of allylic oxidation sites excluding steroid dienone is 1. The molecule has 1 heterocycles. The van der Waals surface area contributed by atoms with Crippen LogP contribution in [0.5, 0.6) is 0 Å². The largest absolute Gasteiger partial charge is 0.426 e. The minimum atomic E-state index is -1.39. The van der Waals surface area contributed by atoms with E-state index in [1.165, 1.54) is 6.08 Å². The maximum atomic E-state index is 11.7. The molecule has 26 heavy (non-hydrogen) atoms. The number of hydrogen-bond donors (Lipinski definition) is 3. The summed E-state index contributed by atoms with van der Waals surface area (Å²) < 4.78 is 5.19. The molecule has 146 valence electrons. The van der Waals surface area contributed by atoms with E-state index in [0.29, 0.717) is 12.3 Å². The summed E-state index contributed by atoms with van der Waals surface area (Å²) in [6, 6.07) is 0. The lowest BCUT2D eigenvalue weighted by Crippen LogP contribution is -2.46. The first-order valence-electron chi connectivity index (χ1n) is 9.70. The van der Waals surface area contributed by atoms with Crippen LogP contribution in [0.4, 0.5) is 0 Å². The topological polar surface area (TPSA) is 87.0 Å². The normalized spacial score (nSPS) is 39.3. The first-order valence-corrected chi connectivity index (χ1v) is 9.70. The van der Waals surface area contributed by atoms with E-state index in [9.17, 15) is 20.1 Å². The Morgan fingerprint density at radius 2 is 2.04 bits per heavy atom. The molecule has 3 N–H and O–H groups in total. The molecule has 2 aliphatic carbocycles. The van der Waals surface area contributed by atoms with Crippen LogP contribution in [0.3, 0.4) is 0 Å².